The van der Waals surface area contributed by atoms with Crippen LogP contribution in [0.15, 0.2) is 24.4 Å². The number of hydrogen-bond acceptors (Lipinski definition) is 5. The number of fused-ring (bicyclic) bond motifs is 1. The average Bonchev–Trinajstić information content (AvgIpc) is 2.74. The quantitative estimate of drug-likeness (QED) is 0.753. The van der Waals surface area contributed by atoms with E-state index in [1.807, 2.05) is 10.7 Å². The highest BCUT2D eigenvalue weighted by Crippen LogP contribution is 2.09. The lowest BCUT2D eigenvalue weighted by atomic mass is 10.2. The van der Waals surface area contributed by atoms with Gasteiger partial charge in [-0.25, -0.2) is 4.98 Å². The predicted molar refractivity (Wildman–Crippen MR) is 78.4 cm³/mol. The summed E-state index contributed by atoms with van der Waals surface area (Å²) in [5.74, 6) is 0.160. The highest BCUT2D eigenvalue weighted by Gasteiger charge is 2.12. The van der Waals surface area contributed by atoms with Crippen molar-refractivity contribution >= 4 is 11.7 Å². The van der Waals surface area contributed by atoms with Gasteiger partial charge >= 0.3 is 0 Å². The maximum absolute atomic E-state index is 12.0. The molecule has 7 heteroatoms. The summed E-state index contributed by atoms with van der Waals surface area (Å²) in [6, 6.07) is 5.22. The summed E-state index contributed by atoms with van der Waals surface area (Å²) in [6.45, 7) is 3.15. The molecule has 2 aromatic heterocycles. The third-order valence-electron chi connectivity index (χ3n) is 3.42. The van der Waals surface area contributed by atoms with Crippen LogP contribution in [-0.4, -0.2) is 27.2 Å². The summed E-state index contributed by atoms with van der Waals surface area (Å²) < 4.78 is 2.01. The van der Waals surface area contributed by atoms with Crippen LogP contribution in [0.3, 0.4) is 0 Å². The molecule has 110 valence electrons. The third-order valence-corrected chi connectivity index (χ3v) is 3.42. The summed E-state index contributed by atoms with van der Waals surface area (Å²) in [5, 5.41) is 10.7. The van der Waals surface area contributed by atoms with Gasteiger partial charge in [0.1, 0.15) is 5.82 Å². The molecule has 1 amide bonds. The van der Waals surface area contributed by atoms with E-state index in [0.29, 0.717) is 17.9 Å². The van der Waals surface area contributed by atoms with Gasteiger partial charge in [-0.2, -0.15) is 5.10 Å². The van der Waals surface area contributed by atoms with Gasteiger partial charge in [-0.1, -0.05) is 0 Å². The van der Waals surface area contributed by atoms with Crippen LogP contribution in [0, 0.1) is 0 Å². The van der Waals surface area contributed by atoms with E-state index >= 15 is 0 Å². The number of pyridine rings is 1. The van der Waals surface area contributed by atoms with Gasteiger partial charge in [-0.3, -0.25) is 9.48 Å². The lowest BCUT2D eigenvalue weighted by Crippen LogP contribution is -2.23. The minimum absolute atomic E-state index is 0.176. The highest BCUT2D eigenvalue weighted by molar-refractivity contribution is 5.94. The van der Waals surface area contributed by atoms with Crippen LogP contribution in [0.2, 0.25) is 0 Å². The second kappa shape index (κ2) is 5.92. The fourth-order valence-corrected chi connectivity index (χ4v) is 2.37. The minimum atomic E-state index is -0.176. The first-order chi connectivity index (χ1) is 10.2. The van der Waals surface area contributed by atoms with Gasteiger partial charge in [0.25, 0.3) is 5.91 Å². The second-order valence-electron chi connectivity index (χ2n) is 5.03. The van der Waals surface area contributed by atoms with Crippen LogP contribution in [0.25, 0.3) is 0 Å². The topological polar surface area (TPSA) is 97.9 Å². The smallest absolute Gasteiger partial charge is 0.251 e. The first-order valence-electron chi connectivity index (χ1n) is 6.98. The monoisotopic (exact) mass is 286 g/mol. The van der Waals surface area contributed by atoms with Gasteiger partial charge < -0.3 is 16.4 Å². The molecule has 0 saturated carbocycles. The summed E-state index contributed by atoms with van der Waals surface area (Å²) in [7, 11) is 0. The minimum Gasteiger partial charge on any atom is -0.384 e. The predicted octanol–water partition coefficient (Wildman–Crippen LogP) is 0.284. The van der Waals surface area contributed by atoms with E-state index in [9.17, 15) is 4.79 Å². The Morgan fingerprint density at radius 1 is 1.48 bits per heavy atom. The number of nitrogen functional groups attached to an aromatic ring is 1. The average molecular weight is 286 g/mol. The SMILES string of the molecule is Nc1cc(C(=O)NCc2cc3n(n2)CCCNC3)ccn1. The van der Waals surface area contributed by atoms with Crippen LogP contribution in [-0.2, 0) is 19.6 Å². The first-order valence-corrected chi connectivity index (χ1v) is 6.98. The Labute approximate surface area is 122 Å². The lowest BCUT2D eigenvalue weighted by molar-refractivity contribution is 0.0950. The standard InChI is InChI=1S/C14H18N6O/c15-13-6-10(2-4-17-13)14(21)18-8-11-7-12-9-16-3-1-5-20(12)19-11/h2,4,6-7,16H,1,3,5,8-9H2,(H2,15,17)(H,18,21). The first kappa shape index (κ1) is 13.6. The molecule has 0 spiro atoms. The van der Waals surface area contributed by atoms with Crippen molar-refractivity contribution in [2.75, 3.05) is 12.3 Å². The van der Waals surface area contributed by atoms with Crippen molar-refractivity contribution in [3.05, 3.63) is 41.3 Å². The molecule has 1 aliphatic heterocycles. The number of amides is 1. The number of nitrogens with zero attached hydrogens (tertiary/aromatic N) is 3. The molecule has 0 atom stereocenters. The van der Waals surface area contributed by atoms with Crippen LogP contribution >= 0.6 is 0 Å². The normalized spacial score (nSPS) is 14.3. The molecular weight excluding hydrogens is 268 g/mol. The van der Waals surface area contributed by atoms with Crippen molar-refractivity contribution in [2.45, 2.75) is 26.1 Å². The molecule has 3 heterocycles. The number of anilines is 1. The molecule has 0 aromatic carbocycles. The number of nitrogens with one attached hydrogen (secondary N) is 2. The molecular formula is C14H18N6O. The van der Waals surface area contributed by atoms with Crippen LogP contribution in [0.1, 0.15) is 28.2 Å². The molecule has 0 saturated heterocycles. The van der Waals surface area contributed by atoms with Crippen molar-refractivity contribution < 1.29 is 4.79 Å². The molecule has 0 unspecified atom stereocenters. The van der Waals surface area contributed by atoms with E-state index in [4.69, 9.17) is 5.73 Å². The van der Waals surface area contributed by atoms with Gasteiger partial charge in [0, 0.05) is 24.8 Å². The van der Waals surface area contributed by atoms with Crippen molar-refractivity contribution in [1.29, 1.82) is 0 Å². The van der Waals surface area contributed by atoms with Gasteiger partial charge in [0.15, 0.2) is 0 Å². The molecule has 7 nitrogen and oxygen atoms in total. The zero-order valence-corrected chi connectivity index (χ0v) is 11.7. The molecule has 0 bridgehead atoms. The van der Waals surface area contributed by atoms with E-state index < -0.39 is 0 Å². The Balaban J connectivity index is 1.64. The number of hydrogen-bond donors (Lipinski definition) is 3. The second-order valence-corrected chi connectivity index (χ2v) is 5.03. The summed E-state index contributed by atoms with van der Waals surface area (Å²) in [6.07, 6.45) is 2.59. The van der Waals surface area contributed by atoms with Gasteiger partial charge in [-0.05, 0) is 31.2 Å². The molecule has 3 rings (SSSR count). The number of aryl methyl sites for hydroxylation is 1. The van der Waals surface area contributed by atoms with Crippen LogP contribution < -0.4 is 16.4 Å². The largest absolute Gasteiger partial charge is 0.384 e. The fourth-order valence-electron chi connectivity index (χ4n) is 2.37. The Hall–Kier alpha value is -2.41. The van der Waals surface area contributed by atoms with Crippen LogP contribution in [0.5, 0.6) is 0 Å². The Bertz CT molecular complexity index is 627. The summed E-state index contributed by atoms with van der Waals surface area (Å²) in [4.78, 5) is 15.9. The van der Waals surface area contributed by atoms with Crippen LogP contribution in [0.4, 0.5) is 5.82 Å². The number of aromatic nitrogens is 3. The van der Waals surface area contributed by atoms with Crippen molar-refractivity contribution in [2.24, 2.45) is 0 Å². The Kier molecular flexibility index (Phi) is 3.83. The number of carbonyl (C=O) groups is 1. The summed E-state index contributed by atoms with van der Waals surface area (Å²) >= 11 is 0. The highest BCUT2D eigenvalue weighted by atomic mass is 16.1. The van der Waals surface area contributed by atoms with E-state index in [1.54, 1.807) is 12.1 Å². The Morgan fingerprint density at radius 2 is 2.38 bits per heavy atom. The molecule has 21 heavy (non-hydrogen) atoms. The van der Waals surface area contributed by atoms with E-state index in [0.717, 1.165) is 37.4 Å². The molecule has 2 aromatic rings. The zero-order chi connectivity index (χ0) is 14.7. The number of rotatable bonds is 3. The third kappa shape index (κ3) is 3.19. The lowest BCUT2D eigenvalue weighted by Gasteiger charge is -2.04. The van der Waals surface area contributed by atoms with E-state index in [-0.39, 0.29) is 5.91 Å². The molecule has 0 radical (unpaired) electrons. The van der Waals surface area contributed by atoms with Crippen molar-refractivity contribution in [3.8, 4) is 0 Å². The maximum atomic E-state index is 12.0. The fraction of sp³-hybridized carbons (Fsp3) is 0.357. The van der Waals surface area contributed by atoms with Gasteiger partial charge in [0.2, 0.25) is 0 Å². The summed E-state index contributed by atoms with van der Waals surface area (Å²) in [5.41, 5.74) is 8.10. The van der Waals surface area contributed by atoms with E-state index in [1.165, 1.54) is 6.20 Å². The zero-order valence-electron chi connectivity index (χ0n) is 11.7. The molecule has 0 aliphatic carbocycles. The van der Waals surface area contributed by atoms with E-state index in [2.05, 4.69) is 20.7 Å². The Morgan fingerprint density at radius 3 is 3.24 bits per heavy atom. The van der Waals surface area contributed by atoms with Gasteiger partial charge in [0.05, 0.1) is 17.9 Å². The molecule has 0 fully saturated rings. The molecule has 4 N–H and O–H groups in total. The number of carbonyl (C=O) groups excluding carboxylic acids is 1. The number of nitrogens with two attached hydrogens (primary N) is 1. The van der Waals surface area contributed by atoms with Crippen molar-refractivity contribution in [3.63, 3.8) is 0 Å². The maximum Gasteiger partial charge on any atom is 0.251 e. The molecule has 1 aliphatic rings. The van der Waals surface area contributed by atoms with Crippen molar-refractivity contribution in [1.82, 2.24) is 25.4 Å². The van der Waals surface area contributed by atoms with Gasteiger partial charge in [-0.15, -0.1) is 0 Å².